The second kappa shape index (κ2) is 9.78. The number of piperidine rings is 1. The van der Waals surface area contributed by atoms with Crippen molar-refractivity contribution in [3.63, 3.8) is 0 Å². The van der Waals surface area contributed by atoms with Crippen molar-refractivity contribution in [1.29, 1.82) is 0 Å². The molecule has 0 saturated carbocycles. The van der Waals surface area contributed by atoms with E-state index in [2.05, 4.69) is 20.2 Å². The normalized spacial score (nSPS) is 13.7. The summed E-state index contributed by atoms with van der Waals surface area (Å²) in [6.45, 7) is 2.44. The number of para-hydroxylation sites is 1. The van der Waals surface area contributed by atoms with Crippen molar-refractivity contribution in [3.8, 4) is 22.1 Å². The summed E-state index contributed by atoms with van der Waals surface area (Å²) in [5.41, 5.74) is 2.14. The summed E-state index contributed by atoms with van der Waals surface area (Å²) in [5, 5.41) is 5.45. The topological polar surface area (TPSA) is 76.6 Å². The molecule has 1 aliphatic heterocycles. The highest BCUT2D eigenvalue weighted by molar-refractivity contribution is 7.13. The summed E-state index contributed by atoms with van der Waals surface area (Å²) in [7, 11) is 3.17. The van der Waals surface area contributed by atoms with Gasteiger partial charge >= 0.3 is 0 Å². The minimum atomic E-state index is -0.231. The number of benzene rings is 1. The molecule has 1 saturated heterocycles. The molecule has 3 aromatic rings. The van der Waals surface area contributed by atoms with Crippen LogP contribution in [-0.2, 0) is 6.54 Å². The Morgan fingerprint density at radius 2 is 1.97 bits per heavy atom. The Morgan fingerprint density at radius 3 is 2.68 bits per heavy atom. The van der Waals surface area contributed by atoms with Crippen LogP contribution in [0, 0.1) is 0 Å². The van der Waals surface area contributed by atoms with Gasteiger partial charge in [-0.2, -0.15) is 0 Å². The monoisotopic (exact) mass is 438 g/mol. The molecule has 0 radical (unpaired) electrons. The van der Waals surface area contributed by atoms with Crippen molar-refractivity contribution in [3.05, 3.63) is 53.2 Å². The Kier molecular flexibility index (Phi) is 6.66. The average molecular weight is 439 g/mol. The number of carbonyl (C=O) groups is 1. The van der Waals surface area contributed by atoms with Crippen LogP contribution in [0.25, 0.3) is 10.6 Å². The fourth-order valence-electron chi connectivity index (χ4n) is 3.69. The van der Waals surface area contributed by atoms with Gasteiger partial charge in [-0.05, 0) is 37.5 Å². The van der Waals surface area contributed by atoms with Crippen LogP contribution in [-0.4, -0.2) is 43.2 Å². The summed E-state index contributed by atoms with van der Waals surface area (Å²) in [6, 6.07) is 9.64. The van der Waals surface area contributed by atoms with E-state index in [1.807, 2.05) is 36.5 Å². The van der Waals surface area contributed by atoms with Crippen molar-refractivity contribution in [2.24, 2.45) is 0 Å². The molecule has 7 nitrogen and oxygen atoms in total. The number of aromatic nitrogens is 2. The highest BCUT2D eigenvalue weighted by atomic mass is 32.1. The van der Waals surface area contributed by atoms with Crippen molar-refractivity contribution in [1.82, 2.24) is 15.3 Å². The average Bonchev–Trinajstić information content (AvgIpc) is 3.33. The Labute approximate surface area is 186 Å². The molecule has 162 valence electrons. The molecule has 1 amide bonds. The number of ether oxygens (including phenoxy) is 2. The molecule has 4 rings (SSSR count). The fraction of sp³-hybridized carbons (Fsp3) is 0.348. The van der Waals surface area contributed by atoms with E-state index in [1.54, 1.807) is 19.6 Å². The highest BCUT2D eigenvalue weighted by Crippen LogP contribution is 2.31. The standard InChI is InChI=1S/C23H26N4O3S/c1-29-19-8-6-7-16(21(19)30-2)13-25-22(28)18-15-31-23(26-18)17-9-10-20(24-14-17)27-11-4-3-5-12-27/h6-10,14-15H,3-5,11-13H2,1-2H3,(H,25,28). The zero-order chi connectivity index (χ0) is 21.6. The number of nitrogens with one attached hydrogen (secondary N) is 1. The zero-order valence-electron chi connectivity index (χ0n) is 17.8. The second-order valence-electron chi connectivity index (χ2n) is 7.33. The van der Waals surface area contributed by atoms with Gasteiger partial charge in [0.2, 0.25) is 0 Å². The SMILES string of the molecule is COc1cccc(CNC(=O)c2csc(-c3ccc(N4CCCCC4)nc3)n2)c1OC. The van der Waals surface area contributed by atoms with Crippen molar-refractivity contribution >= 4 is 23.1 Å². The van der Waals surface area contributed by atoms with Crippen LogP contribution < -0.4 is 19.7 Å². The smallest absolute Gasteiger partial charge is 0.271 e. The van der Waals surface area contributed by atoms with Crippen LogP contribution in [0.15, 0.2) is 41.9 Å². The van der Waals surface area contributed by atoms with Crippen molar-refractivity contribution < 1.29 is 14.3 Å². The molecule has 0 unspecified atom stereocenters. The van der Waals surface area contributed by atoms with Crippen LogP contribution in [0.2, 0.25) is 0 Å². The van der Waals surface area contributed by atoms with E-state index in [4.69, 9.17) is 9.47 Å². The van der Waals surface area contributed by atoms with Crippen LogP contribution >= 0.6 is 11.3 Å². The number of carbonyl (C=O) groups excluding carboxylic acids is 1. The van der Waals surface area contributed by atoms with E-state index >= 15 is 0 Å². The maximum atomic E-state index is 12.6. The number of pyridine rings is 1. The van der Waals surface area contributed by atoms with E-state index in [-0.39, 0.29) is 5.91 Å². The molecule has 31 heavy (non-hydrogen) atoms. The number of nitrogens with zero attached hydrogens (tertiary/aromatic N) is 3. The third-order valence-electron chi connectivity index (χ3n) is 5.34. The first kappa shape index (κ1) is 21.1. The molecule has 1 N–H and O–H groups in total. The third-order valence-corrected chi connectivity index (χ3v) is 6.23. The highest BCUT2D eigenvalue weighted by Gasteiger charge is 2.16. The van der Waals surface area contributed by atoms with Crippen molar-refractivity contribution in [2.45, 2.75) is 25.8 Å². The quantitative estimate of drug-likeness (QED) is 0.597. The lowest BCUT2D eigenvalue weighted by atomic mass is 10.1. The Balaban J connectivity index is 1.41. The first-order valence-electron chi connectivity index (χ1n) is 10.3. The predicted molar refractivity (Wildman–Crippen MR) is 122 cm³/mol. The molecule has 3 heterocycles. The number of hydrogen-bond acceptors (Lipinski definition) is 7. The maximum Gasteiger partial charge on any atom is 0.271 e. The Bertz CT molecular complexity index is 1030. The lowest BCUT2D eigenvalue weighted by Gasteiger charge is -2.27. The summed E-state index contributed by atoms with van der Waals surface area (Å²) >= 11 is 1.44. The molecule has 0 spiro atoms. The summed E-state index contributed by atoms with van der Waals surface area (Å²) in [4.78, 5) is 24.1. The molecular formula is C23H26N4O3S. The molecule has 0 atom stereocenters. The first-order valence-corrected chi connectivity index (χ1v) is 11.2. The third kappa shape index (κ3) is 4.80. The lowest BCUT2D eigenvalue weighted by molar-refractivity contribution is 0.0946. The van der Waals surface area contributed by atoms with E-state index in [0.717, 1.165) is 35.0 Å². The Hall–Kier alpha value is -3.13. The van der Waals surface area contributed by atoms with Crippen LogP contribution in [0.3, 0.4) is 0 Å². The molecule has 0 aliphatic carbocycles. The van der Waals surface area contributed by atoms with Gasteiger partial charge in [0, 0.05) is 42.3 Å². The van der Waals surface area contributed by atoms with Gasteiger partial charge in [-0.25, -0.2) is 9.97 Å². The minimum Gasteiger partial charge on any atom is -0.493 e. The van der Waals surface area contributed by atoms with Gasteiger partial charge in [0.05, 0.1) is 14.2 Å². The number of methoxy groups -OCH3 is 2. The van der Waals surface area contributed by atoms with Crippen LogP contribution in [0.5, 0.6) is 11.5 Å². The van der Waals surface area contributed by atoms with E-state index in [9.17, 15) is 4.79 Å². The van der Waals surface area contributed by atoms with Gasteiger partial charge in [-0.1, -0.05) is 12.1 Å². The number of rotatable bonds is 7. The molecule has 0 bridgehead atoms. The lowest BCUT2D eigenvalue weighted by Crippen LogP contribution is -2.29. The van der Waals surface area contributed by atoms with E-state index < -0.39 is 0 Å². The Morgan fingerprint density at radius 1 is 1.13 bits per heavy atom. The molecular weight excluding hydrogens is 412 g/mol. The largest absolute Gasteiger partial charge is 0.493 e. The van der Waals surface area contributed by atoms with Gasteiger partial charge in [0.25, 0.3) is 5.91 Å². The predicted octanol–water partition coefficient (Wildman–Crippen LogP) is 4.14. The van der Waals surface area contributed by atoms with Crippen LogP contribution in [0.1, 0.15) is 35.3 Å². The maximum absolute atomic E-state index is 12.6. The van der Waals surface area contributed by atoms with Crippen molar-refractivity contribution in [2.75, 3.05) is 32.2 Å². The number of hydrogen-bond donors (Lipinski definition) is 1. The number of anilines is 1. The first-order chi connectivity index (χ1) is 15.2. The van der Waals surface area contributed by atoms with Gasteiger partial charge in [-0.15, -0.1) is 11.3 Å². The fourth-order valence-corrected chi connectivity index (χ4v) is 4.48. The van der Waals surface area contributed by atoms with Gasteiger partial charge in [0.1, 0.15) is 16.5 Å². The van der Waals surface area contributed by atoms with Gasteiger partial charge < -0.3 is 19.7 Å². The van der Waals surface area contributed by atoms with E-state index in [1.165, 1.54) is 30.6 Å². The minimum absolute atomic E-state index is 0.231. The molecule has 8 heteroatoms. The summed E-state index contributed by atoms with van der Waals surface area (Å²) in [6.07, 6.45) is 5.57. The number of thiazole rings is 1. The molecule has 1 aromatic carbocycles. The zero-order valence-corrected chi connectivity index (χ0v) is 18.6. The number of amides is 1. The molecule has 1 fully saturated rings. The summed E-state index contributed by atoms with van der Waals surface area (Å²) < 4.78 is 10.7. The van der Waals surface area contributed by atoms with Crippen LogP contribution in [0.4, 0.5) is 5.82 Å². The van der Waals surface area contributed by atoms with Gasteiger partial charge in [0.15, 0.2) is 11.5 Å². The molecule has 1 aliphatic rings. The van der Waals surface area contributed by atoms with Gasteiger partial charge in [-0.3, -0.25) is 4.79 Å². The summed E-state index contributed by atoms with van der Waals surface area (Å²) in [5.74, 6) is 2.02. The van der Waals surface area contributed by atoms with E-state index in [0.29, 0.717) is 23.7 Å². The second-order valence-corrected chi connectivity index (χ2v) is 8.18. The molecule has 2 aromatic heterocycles.